The van der Waals surface area contributed by atoms with Crippen molar-refractivity contribution in [3.63, 3.8) is 0 Å². The normalized spacial score (nSPS) is 13.7. The number of carbonyl (C=O) groups excluding carboxylic acids is 1. The van der Waals surface area contributed by atoms with Gasteiger partial charge in [0.2, 0.25) is 0 Å². The Hall–Kier alpha value is -3.02. The van der Waals surface area contributed by atoms with E-state index in [0.29, 0.717) is 29.1 Å². The number of pyridine rings is 2. The number of oxazole rings is 1. The van der Waals surface area contributed by atoms with Gasteiger partial charge < -0.3 is 9.73 Å². The molecule has 4 rings (SSSR count). The zero-order valence-electron chi connectivity index (χ0n) is 13.2. The number of anilines is 1. The topological polar surface area (TPSA) is 80.9 Å². The van der Waals surface area contributed by atoms with Gasteiger partial charge in [-0.3, -0.25) is 9.78 Å². The molecule has 3 aromatic heterocycles. The van der Waals surface area contributed by atoms with Gasteiger partial charge >= 0.3 is 0 Å². The van der Waals surface area contributed by atoms with Gasteiger partial charge in [0.25, 0.3) is 5.91 Å². The summed E-state index contributed by atoms with van der Waals surface area (Å²) in [6.45, 7) is 1.76. The first-order valence-electron chi connectivity index (χ1n) is 7.86. The SMILES string of the molecule is Cc1oc(C2CC2)nc1C(=O)Nc1cc(-c2cccnc2)ccn1. The largest absolute Gasteiger partial charge is 0.445 e. The highest BCUT2D eigenvalue weighted by Crippen LogP contribution is 2.40. The minimum Gasteiger partial charge on any atom is -0.445 e. The van der Waals surface area contributed by atoms with Crippen LogP contribution in [0.4, 0.5) is 5.82 Å². The summed E-state index contributed by atoms with van der Waals surface area (Å²) in [5, 5.41) is 2.79. The van der Waals surface area contributed by atoms with E-state index in [-0.39, 0.29) is 5.91 Å². The molecule has 24 heavy (non-hydrogen) atoms. The van der Waals surface area contributed by atoms with Crippen LogP contribution in [0.15, 0.2) is 47.3 Å². The molecule has 1 fully saturated rings. The molecule has 1 aliphatic carbocycles. The highest BCUT2D eigenvalue weighted by atomic mass is 16.4. The fourth-order valence-corrected chi connectivity index (χ4v) is 2.52. The van der Waals surface area contributed by atoms with E-state index in [1.165, 1.54) is 0 Å². The smallest absolute Gasteiger partial charge is 0.279 e. The van der Waals surface area contributed by atoms with Gasteiger partial charge in [-0.15, -0.1) is 0 Å². The molecule has 0 aromatic carbocycles. The maximum absolute atomic E-state index is 12.5. The maximum atomic E-state index is 12.5. The number of nitrogens with zero attached hydrogens (tertiary/aromatic N) is 3. The van der Waals surface area contributed by atoms with Crippen molar-refractivity contribution in [1.29, 1.82) is 0 Å². The van der Waals surface area contributed by atoms with Crippen LogP contribution in [0.1, 0.15) is 40.9 Å². The Bertz CT molecular complexity index is 885. The number of rotatable bonds is 4. The number of nitrogens with one attached hydrogen (secondary N) is 1. The first-order valence-corrected chi connectivity index (χ1v) is 7.86. The summed E-state index contributed by atoms with van der Waals surface area (Å²) in [6.07, 6.45) is 7.30. The van der Waals surface area contributed by atoms with Crippen molar-refractivity contribution in [3.8, 4) is 11.1 Å². The molecular formula is C18H16N4O2. The Balaban J connectivity index is 1.56. The van der Waals surface area contributed by atoms with Gasteiger partial charge in [0, 0.05) is 30.1 Å². The molecule has 0 spiro atoms. The Morgan fingerprint density at radius 1 is 1.25 bits per heavy atom. The van der Waals surface area contributed by atoms with Crippen LogP contribution in [0.3, 0.4) is 0 Å². The molecule has 3 heterocycles. The molecule has 0 aliphatic heterocycles. The van der Waals surface area contributed by atoms with Crippen molar-refractivity contribution in [1.82, 2.24) is 15.0 Å². The molecule has 6 heteroatoms. The average Bonchev–Trinajstić information content (AvgIpc) is 3.38. The standard InChI is InChI=1S/C18H16N4O2/c1-11-16(22-18(24-11)12-4-5-12)17(23)21-15-9-13(6-8-20-15)14-3-2-7-19-10-14/h2-3,6-10,12H,4-5H2,1H3,(H,20,21,23). The summed E-state index contributed by atoms with van der Waals surface area (Å²) in [5.74, 6) is 1.74. The van der Waals surface area contributed by atoms with Crippen LogP contribution in [-0.4, -0.2) is 20.9 Å². The van der Waals surface area contributed by atoms with E-state index in [1.807, 2.05) is 24.3 Å². The van der Waals surface area contributed by atoms with E-state index < -0.39 is 0 Å². The van der Waals surface area contributed by atoms with E-state index in [9.17, 15) is 4.79 Å². The summed E-state index contributed by atoms with van der Waals surface area (Å²) < 4.78 is 5.59. The monoisotopic (exact) mass is 320 g/mol. The number of hydrogen-bond donors (Lipinski definition) is 1. The lowest BCUT2D eigenvalue weighted by molar-refractivity contribution is 0.102. The fourth-order valence-electron chi connectivity index (χ4n) is 2.52. The van der Waals surface area contributed by atoms with Gasteiger partial charge in [0.05, 0.1) is 0 Å². The van der Waals surface area contributed by atoms with Crippen molar-refractivity contribution in [3.05, 3.63) is 60.2 Å². The number of hydrogen-bond acceptors (Lipinski definition) is 5. The second-order valence-corrected chi connectivity index (χ2v) is 5.86. The molecule has 1 amide bonds. The predicted octanol–water partition coefficient (Wildman–Crippen LogP) is 3.57. The molecular weight excluding hydrogens is 304 g/mol. The van der Waals surface area contributed by atoms with Crippen molar-refractivity contribution < 1.29 is 9.21 Å². The first kappa shape index (κ1) is 14.6. The third-order valence-corrected chi connectivity index (χ3v) is 3.95. The second-order valence-electron chi connectivity index (χ2n) is 5.86. The van der Waals surface area contributed by atoms with Crippen LogP contribution in [0.2, 0.25) is 0 Å². The molecule has 1 saturated carbocycles. The summed E-state index contributed by atoms with van der Waals surface area (Å²) in [7, 11) is 0. The second kappa shape index (κ2) is 5.88. The van der Waals surface area contributed by atoms with Crippen LogP contribution < -0.4 is 5.32 Å². The number of carbonyl (C=O) groups is 1. The van der Waals surface area contributed by atoms with Gasteiger partial charge in [0.1, 0.15) is 11.6 Å². The van der Waals surface area contributed by atoms with E-state index in [0.717, 1.165) is 24.0 Å². The van der Waals surface area contributed by atoms with Crippen LogP contribution in [0.25, 0.3) is 11.1 Å². The molecule has 0 unspecified atom stereocenters. The summed E-state index contributed by atoms with van der Waals surface area (Å²) in [6, 6.07) is 7.51. The van der Waals surface area contributed by atoms with Gasteiger partial charge in [-0.25, -0.2) is 9.97 Å². The number of aromatic nitrogens is 3. The third-order valence-electron chi connectivity index (χ3n) is 3.95. The zero-order chi connectivity index (χ0) is 16.5. The molecule has 6 nitrogen and oxygen atoms in total. The minimum atomic E-state index is -0.306. The Morgan fingerprint density at radius 2 is 2.12 bits per heavy atom. The third kappa shape index (κ3) is 2.90. The van der Waals surface area contributed by atoms with Crippen molar-refractivity contribution >= 4 is 11.7 Å². The molecule has 120 valence electrons. The zero-order valence-corrected chi connectivity index (χ0v) is 13.2. The predicted molar refractivity (Wildman–Crippen MR) is 88.6 cm³/mol. The van der Waals surface area contributed by atoms with E-state index >= 15 is 0 Å². The van der Waals surface area contributed by atoms with Gasteiger partial charge in [-0.1, -0.05) is 6.07 Å². The lowest BCUT2D eigenvalue weighted by atomic mass is 10.1. The van der Waals surface area contributed by atoms with Crippen molar-refractivity contribution in [2.45, 2.75) is 25.7 Å². The molecule has 0 bridgehead atoms. The summed E-state index contributed by atoms with van der Waals surface area (Å²) in [4.78, 5) is 25.1. The molecule has 0 saturated heterocycles. The van der Waals surface area contributed by atoms with Gasteiger partial charge in [-0.2, -0.15) is 0 Å². The van der Waals surface area contributed by atoms with Crippen molar-refractivity contribution in [2.75, 3.05) is 5.32 Å². The molecule has 3 aromatic rings. The van der Waals surface area contributed by atoms with Gasteiger partial charge in [0.15, 0.2) is 11.6 Å². The van der Waals surface area contributed by atoms with Crippen LogP contribution in [-0.2, 0) is 0 Å². The average molecular weight is 320 g/mol. The number of aryl methyl sites for hydroxylation is 1. The Morgan fingerprint density at radius 3 is 2.88 bits per heavy atom. The molecule has 0 radical (unpaired) electrons. The summed E-state index contributed by atoms with van der Waals surface area (Å²) in [5.41, 5.74) is 2.22. The van der Waals surface area contributed by atoms with E-state index in [2.05, 4.69) is 20.3 Å². The van der Waals surface area contributed by atoms with Crippen LogP contribution in [0.5, 0.6) is 0 Å². The molecule has 1 aliphatic rings. The first-order chi connectivity index (χ1) is 11.7. The van der Waals surface area contributed by atoms with Crippen molar-refractivity contribution in [2.24, 2.45) is 0 Å². The highest BCUT2D eigenvalue weighted by Gasteiger charge is 2.30. The van der Waals surface area contributed by atoms with Crippen LogP contribution in [0, 0.1) is 6.92 Å². The quantitative estimate of drug-likeness (QED) is 0.795. The fraction of sp³-hybridized carbons (Fsp3) is 0.222. The Kier molecular flexibility index (Phi) is 3.57. The van der Waals surface area contributed by atoms with Crippen LogP contribution >= 0.6 is 0 Å². The lowest BCUT2D eigenvalue weighted by Crippen LogP contribution is -2.14. The number of amides is 1. The maximum Gasteiger partial charge on any atom is 0.279 e. The lowest BCUT2D eigenvalue weighted by Gasteiger charge is -2.05. The minimum absolute atomic E-state index is 0.306. The van der Waals surface area contributed by atoms with E-state index in [4.69, 9.17) is 4.42 Å². The molecule has 1 N–H and O–H groups in total. The highest BCUT2D eigenvalue weighted by molar-refractivity contribution is 6.03. The summed E-state index contributed by atoms with van der Waals surface area (Å²) >= 11 is 0. The molecule has 0 atom stereocenters. The van der Waals surface area contributed by atoms with Gasteiger partial charge in [-0.05, 0) is 43.5 Å². The van der Waals surface area contributed by atoms with E-state index in [1.54, 1.807) is 25.5 Å². The Labute approximate surface area is 139 Å².